The van der Waals surface area contributed by atoms with Crippen molar-refractivity contribution in [3.63, 3.8) is 0 Å². The number of carbonyl (C=O) groups excluding carboxylic acids is 5. The number of ether oxygens (including phenoxy) is 3. The molecule has 4 rings (SSSR count). The summed E-state index contributed by atoms with van der Waals surface area (Å²) in [6, 6.07) is 0. The third-order valence-electron chi connectivity index (χ3n) is 20.7. The van der Waals surface area contributed by atoms with Crippen molar-refractivity contribution in [3.05, 3.63) is 45.8 Å². The second-order valence-corrected chi connectivity index (χ2v) is 33.6. The molecule has 5 unspecified atom stereocenters. The number of aliphatic imine (C=N–C) groups is 1. The Balaban J connectivity index is 2.12. The molecule has 1 aromatic rings. The fraction of sp³-hybridized carbons (Fsp3) is 0.757. The molecule has 514 valence electrons. The molecule has 0 spiro atoms. The summed E-state index contributed by atoms with van der Waals surface area (Å²) in [6.45, 7) is 52.1. The number of carbonyl (C=O) groups is 7. The van der Waals surface area contributed by atoms with Crippen LogP contribution in [0.15, 0.2) is 34.0 Å². The molecule has 0 saturated heterocycles. The Morgan fingerprint density at radius 1 is 0.703 bits per heavy atom. The minimum atomic E-state index is -1.21. The van der Waals surface area contributed by atoms with Crippen molar-refractivity contribution < 1.29 is 58.0 Å². The van der Waals surface area contributed by atoms with Crippen LogP contribution in [0.4, 0.5) is 5.82 Å². The number of esters is 3. The van der Waals surface area contributed by atoms with E-state index in [-0.39, 0.29) is 104 Å². The maximum absolute atomic E-state index is 16.0. The van der Waals surface area contributed by atoms with Gasteiger partial charge in [-0.2, -0.15) is 0 Å². The molecule has 2 amide bonds. The number of allylic oxidation sites excluding steroid dienone is 1. The summed E-state index contributed by atoms with van der Waals surface area (Å²) in [5.41, 5.74) is -0.273. The van der Waals surface area contributed by atoms with E-state index in [1.165, 1.54) is 0 Å². The van der Waals surface area contributed by atoms with Gasteiger partial charge in [0, 0.05) is 52.8 Å². The van der Waals surface area contributed by atoms with Crippen molar-refractivity contribution in [3.8, 4) is 0 Å². The first-order valence-electron chi connectivity index (χ1n) is 34.1. The maximum Gasteiger partial charge on any atom is 0.342 e. The monoisotopic (exact) mass is 1290 g/mol. The van der Waals surface area contributed by atoms with Gasteiger partial charge in [0.15, 0.2) is 0 Å². The molecule has 1 aliphatic heterocycles. The Hall–Kier alpha value is -5.19. The van der Waals surface area contributed by atoms with Crippen LogP contribution in [0.1, 0.15) is 270 Å². The van der Waals surface area contributed by atoms with E-state index in [9.17, 15) is 24.6 Å². The van der Waals surface area contributed by atoms with Crippen LogP contribution in [-0.4, -0.2) is 99.6 Å². The lowest BCUT2D eigenvalue weighted by Crippen LogP contribution is -2.50. The molecule has 16 nitrogen and oxygen atoms in total. The zero-order valence-corrected chi connectivity index (χ0v) is 61.3. The molecule has 5 atom stereocenters. The first kappa shape index (κ1) is 78.3. The van der Waals surface area contributed by atoms with E-state index in [1.54, 1.807) is 18.9 Å². The Kier molecular flexibility index (Phi) is 27.0. The molecule has 0 aromatic carbocycles. The highest BCUT2D eigenvalue weighted by Gasteiger charge is 2.52. The number of carboxylic acids is 2. The molecule has 0 radical (unpaired) electrons. The van der Waals surface area contributed by atoms with E-state index in [2.05, 4.69) is 114 Å². The number of H-pyrrole nitrogens is 1. The summed E-state index contributed by atoms with van der Waals surface area (Å²) in [5.74, 6) is -4.03. The van der Waals surface area contributed by atoms with E-state index in [4.69, 9.17) is 19.2 Å². The Morgan fingerprint density at radius 3 is 1.55 bits per heavy atom. The quantitative estimate of drug-likeness (QED) is 0.0278. The van der Waals surface area contributed by atoms with Gasteiger partial charge >= 0.3 is 29.8 Å². The number of aromatic amines is 1. The number of aliphatic carboxylic acids is 2. The summed E-state index contributed by atoms with van der Waals surface area (Å²) in [7, 11) is 1.69. The molecule has 17 heteroatoms. The molecule has 2 aliphatic carbocycles. The highest BCUT2D eigenvalue weighted by atomic mass is 32.2. The zero-order valence-electron chi connectivity index (χ0n) is 60.5. The van der Waals surface area contributed by atoms with E-state index >= 15 is 19.2 Å². The smallest absolute Gasteiger partial charge is 0.342 e. The maximum atomic E-state index is 16.0. The lowest BCUT2D eigenvalue weighted by molar-refractivity contribution is -0.164. The van der Waals surface area contributed by atoms with Crippen molar-refractivity contribution in [2.45, 2.75) is 266 Å². The summed E-state index contributed by atoms with van der Waals surface area (Å²) >= 11 is 1.04. The summed E-state index contributed by atoms with van der Waals surface area (Å²) in [5, 5.41) is 21.3. The number of thioether (sulfide) groups is 1. The van der Waals surface area contributed by atoms with Gasteiger partial charge in [0.2, 0.25) is 11.8 Å². The third-order valence-corrected chi connectivity index (χ3v) is 22.0. The van der Waals surface area contributed by atoms with Gasteiger partial charge in [0.05, 0.1) is 18.7 Å². The van der Waals surface area contributed by atoms with Gasteiger partial charge in [0.25, 0.3) is 0 Å². The topological polar surface area (TPSA) is 231 Å². The minimum Gasteiger partial charge on any atom is -0.481 e. The molecule has 3 aliphatic rings. The highest BCUT2D eigenvalue weighted by molar-refractivity contribution is 8.00. The first-order valence-corrected chi connectivity index (χ1v) is 35.1. The summed E-state index contributed by atoms with van der Waals surface area (Å²) in [4.78, 5) is 109. The van der Waals surface area contributed by atoms with Crippen LogP contribution in [0.2, 0.25) is 0 Å². The number of nitrogens with zero attached hydrogens (tertiary/aromatic N) is 2. The average Bonchev–Trinajstić information content (AvgIpc) is 1.72. The van der Waals surface area contributed by atoms with Gasteiger partial charge in [-0.3, -0.25) is 19.2 Å². The fourth-order valence-electron chi connectivity index (χ4n) is 14.9. The van der Waals surface area contributed by atoms with Crippen LogP contribution in [0.25, 0.3) is 6.08 Å². The number of hydrogen-bond acceptors (Lipinski definition) is 12. The molecular weight excluding hydrogens is 1170 g/mol. The number of amides is 2. The summed E-state index contributed by atoms with van der Waals surface area (Å²) < 4.78 is 19.6. The van der Waals surface area contributed by atoms with Crippen molar-refractivity contribution in [2.24, 2.45) is 78.9 Å². The number of nitrogens with one attached hydrogen (secondary N) is 2. The second kappa shape index (κ2) is 31.4. The van der Waals surface area contributed by atoms with E-state index in [0.717, 1.165) is 37.4 Å². The van der Waals surface area contributed by atoms with Gasteiger partial charge in [-0.25, -0.2) is 19.4 Å². The van der Waals surface area contributed by atoms with Gasteiger partial charge in [-0.05, 0) is 152 Å². The normalized spacial score (nSPS) is 22.8. The molecule has 91 heavy (non-hydrogen) atoms. The lowest BCUT2D eigenvalue weighted by Gasteiger charge is -2.50. The molecule has 2 heterocycles. The molecule has 4 N–H and O–H groups in total. The van der Waals surface area contributed by atoms with Crippen LogP contribution >= 0.6 is 11.8 Å². The number of aromatic nitrogens is 1. The fourth-order valence-corrected chi connectivity index (χ4v) is 15.9. The van der Waals surface area contributed by atoms with Crippen molar-refractivity contribution in [2.75, 3.05) is 24.3 Å². The largest absolute Gasteiger partial charge is 0.481 e. The Labute approximate surface area is 551 Å². The molecular formula is C74H120N4O12S. The van der Waals surface area contributed by atoms with E-state index in [1.807, 2.05) is 61.5 Å². The van der Waals surface area contributed by atoms with Crippen molar-refractivity contribution >= 4 is 71.2 Å². The van der Waals surface area contributed by atoms with Gasteiger partial charge in [-0.1, -0.05) is 159 Å². The van der Waals surface area contributed by atoms with Gasteiger partial charge in [-0.15, -0.1) is 11.8 Å². The number of carboxylic acid groups (broad SMARTS) is 2. The molecule has 2 saturated carbocycles. The minimum absolute atomic E-state index is 0.00255. The standard InChI is InChI=1S/C74H120N4O12S/c1-26-73(27-2,33-31-35-91-53(63(81)82)41-54(79)80)67(86)77-61-57(65(84)89-59-47(69(13,14)15)36-45(11)37-48(59)70(16,17)18)55(42(5)6)51(75-61)40-52-56(43(7)8)58(66(85)90-60-49(71(19,20)21)38-46(12)39-50(60)72(22,23)24)62(76-52)78(25)68(87)74(28-3,29-4)32-30-34-88-64(83)44(9)10/h40,42-43,45-50,53,59-60,76H,9,26-39,41H2,1-8,10-25H3,(H,79,80)(H,81,82)(H,75,77,86)/b51-40-. The van der Waals surface area contributed by atoms with Gasteiger partial charge in [0.1, 0.15) is 40.2 Å². The van der Waals surface area contributed by atoms with Crippen LogP contribution in [0.5, 0.6) is 0 Å². The molecule has 0 bridgehead atoms. The summed E-state index contributed by atoms with van der Waals surface area (Å²) in [6.07, 6.45) is 7.08. The van der Waals surface area contributed by atoms with E-state index in [0.29, 0.717) is 91.5 Å². The van der Waals surface area contributed by atoms with E-state index < -0.39 is 64.6 Å². The highest BCUT2D eigenvalue weighted by Crippen LogP contribution is 2.53. The number of rotatable bonds is 27. The van der Waals surface area contributed by atoms with Crippen LogP contribution in [-0.2, 0) is 43.0 Å². The zero-order chi connectivity index (χ0) is 69.4. The number of anilines is 1. The third kappa shape index (κ3) is 19.0. The SMILES string of the molecule is C=C(C)C(=O)OCCCC(CC)(CC)C(=O)N(C)c1[nH]c(/C=C2\N=C(NC(=O)C(CC)(CC)CCCSC(CC(=O)O)C(=O)O)C(C(=O)OC3C(C(C)(C)C)CC(C)CC3C(C)(C)C)=C2C(C)C)c(C(C)C)c1C(=O)OC1C(C(C)(C)C)CC(C)CC1C(C)(C)C. The Bertz CT molecular complexity index is 2830. The average molecular weight is 1290 g/mol. The predicted molar refractivity (Wildman–Crippen MR) is 368 cm³/mol. The van der Waals surface area contributed by atoms with Crippen molar-refractivity contribution in [1.29, 1.82) is 0 Å². The predicted octanol–water partition coefficient (Wildman–Crippen LogP) is 16.8. The Morgan fingerprint density at radius 2 is 1.15 bits per heavy atom. The van der Waals surface area contributed by atoms with Crippen LogP contribution in [0.3, 0.4) is 0 Å². The van der Waals surface area contributed by atoms with Gasteiger partial charge < -0.3 is 39.6 Å². The first-order chi connectivity index (χ1) is 41.9. The number of hydrogen-bond donors (Lipinski definition) is 4. The van der Waals surface area contributed by atoms with Crippen LogP contribution < -0.4 is 10.2 Å². The van der Waals surface area contributed by atoms with Crippen LogP contribution in [0, 0.1) is 73.9 Å². The molecule has 1 aromatic heterocycles. The van der Waals surface area contributed by atoms with Crippen molar-refractivity contribution in [1.82, 2.24) is 10.3 Å². The molecule has 2 fully saturated rings. The lowest BCUT2D eigenvalue weighted by atomic mass is 9.59. The second-order valence-electron chi connectivity index (χ2n) is 32.3. The number of amidine groups is 1.